The highest BCUT2D eigenvalue weighted by Crippen LogP contribution is 2.39. The molecule has 94 valence electrons. The van der Waals surface area contributed by atoms with Gasteiger partial charge in [0, 0.05) is 12.0 Å². The van der Waals surface area contributed by atoms with E-state index in [9.17, 15) is 5.11 Å². The van der Waals surface area contributed by atoms with Gasteiger partial charge in [0.15, 0.2) is 0 Å². The van der Waals surface area contributed by atoms with Gasteiger partial charge < -0.3 is 15.6 Å². The maximum Gasteiger partial charge on any atom is 0.119 e. The number of aliphatic hydroxyl groups excluding tert-OH is 1. The Labute approximate surface area is 103 Å². The Morgan fingerprint density at radius 2 is 2.12 bits per heavy atom. The van der Waals surface area contributed by atoms with Gasteiger partial charge >= 0.3 is 0 Å². The number of hydrogen-bond acceptors (Lipinski definition) is 3. The topological polar surface area (TPSA) is 55.5 Å². The summed E-state index contributed by atoms with van der Waals surface area (Å²) in [4.78, 5) is 0. The molecule has 3 N–H and O–H groups in total. The number of aliphatic hydroxyl groups is 1. The highest BCUT2D eigenvalue weighted by atomic mass is 16.5. The molecule has 0 bridgehead atoms. The molecular formula is C14H21NO2. The standard InChI is InChI=1S/C14H21NO2/c1-17-13-4-2-3-11(9-13)14(10-15)7-5-12(16)6-8-14/h2-4,9,12,16H,5-8,10,15H2,1H3. The summed E-state index contributed by atoms with van der Waals surface area (Å²) in [6.07, 6.45) is 3.44. The Morgan fingerprint density at radius 1 is 1.41 bits per heavy atom. The summed E-state index contributed by atoms with van der Waals surface area (Å²) < 4.78 is 5.27. The Bertz CT molecular complexity index is 370. The zero-order valence-corrected chi connectivity index (χ0v) is 10.4. The lowest BCUT2D eigenvalue weighted by Crippen LogP contribution is -2.40. The van der Waals surface area contributed by atoms with Crippen LogP contribution in [0, 0.1) is 0 Å². The van der Waals surface area contributed by atoms with E-state index in [1.54, 1.807) is 7.11 Å². The molecule has 0 heterocycles. The van der Waals surface area contributed by atoms with Crippen LogP contribution in [0.3, 0.4) is 0 Å². The van der Waals surface area contributed by atoms with Crippen LogP contribution < -0.4 is 10.5 Å². The predicted molar refractivity (Wildman–Crippen MR) is 68.2 cm³/mol. The number of methoxy groups -OCH3 is 1. The fraction of sp³-hybridized carbons (Fsp3) is 0.571. The summed E-state index contributed by atoms with van der Waals surface area (Å²) >= 11 is 0. The van der Waals surface area contributed by atoms with Crippen molar-refractivity contribution in [2.45, 2.75) is 37.2 Å². The van der Waals surface area contributed by atoms with Gasteiger partial charge in [-0.15, -0.1) is 0 Å². The Hall–Kier alpha value is -1.06. The first-order valence-electron chi connectivity index (χ1n) is 6.23. The maximum atomic E-state index is 9.62. The van der Waals surface area contributed by atoms with Crippen LogP contribution in [-0.4, -0.2) is 24.9 Å². The van der Waals surface area contributed by atoms with Crippen molar-refractivity contribution in [1.82, 2.24) is 0 Å². The van der Waals surface area contributed by atoms with Gasteiger partial charge in [-0.2, -0.15) is 0 Å². The molecule has 0 aromatic heterocycles. The van der Waals surface area contributed by atoms with E-state index >= 15 is 0 Å². The van der Waals surface area contributed by atoms with Crippen LogP contribution in [0.1, 0.15) is 31.2 Å². The smallest absolute Gasteiger partial charge is 0.119 e. The van der Waals surface area contributed by atoms with Gasteiger partial charge in [0.25, 0.3) is 0 Å². The lowest BCUT2D eigenvalue weighted by Gasteiger charge is -2.38. The molecule has 0 atom stereocenters. The molecule has 2 rings (SSSR count). The molecular weight excluding hydrogens is 214 g/mol. The van der Waals surface area contributed by atoms with Crippen LogP contribution in [0.4, 0.5) is 0 Å². The highest BCUT2D eigenvalue weighted by molar-refractivity contribution is 5.34. The molecule has 1 aromatic carbocycles. The minimum Gasteiger partial charge on any atom is -0.497 e. The summed E-state index contributed by atoms with van der Waals surface area (Å²) in [5, 5.41) is 9.62. The SMILES string of the molecule is COc1cccc(C2(CN)CCC(O)CC2)c1. The second kappa shape index (κ2) is 5.07. The molecule has 0 unspecified atom stereocenters. The minimum atomic E-state index is -0.153. The number of ether oxygens (including phenoxy) is 1. The molecule has 0 amide bonds. The molecule has 17 heavy (non-hydrogen) atoms. The molecule has 0 radical (unpaired) electrons. The molecule has 1 saturated carbocycles. The van der Waals surface area contributed by atoms with E-state index in [1.807, 2.05) is 12.1 Å². The summed E-state index contributed by atoms with van der Waals surface area (Å²) in [5.74, 6) is 0.876. The zero-order valence-electron chi connectivity index (χ0n) is 10.4. The molecule has 0 aliphatic heterocycles. The molecule has 0 saturated heterocycles. The van der Waals surface area contributed by atoms with Crippen molar-refractivity contribution in [3.8, 4) is 5.75 Å². The third kappa shape index (κ3) is 2.45. The van der Waals surface area contributed by atoms with Crippen LogP contribution in [0.25, 0.3) is 0 Å². The van der Waals surface area contributed by atoms with E-state index in [-0.39, 0.29) is 11.5 Å². The third-order valence-electron chi connectivity index (χ3n) is 3.99. The van der Waals surface area contributed by atoms with Gasteiger partial charge in [0.2, 0.25) is 0 Å². The first-order chi connectivity index (χ1) is 8.20. The van der Waals surface area contributed by atoms with Crippen LogP contribution in [0.2, 0.25) is 0 Å². The van der Waals surface area contributed by atoms with Crippen molar-refractivity contribution in [3.63, 3.8) is 0 Å². The number of nitrogens with two attached hydrogens (primary N) is 1. The Kier molecular flexibility index (Phi) is 3.69. The number of benzene rings is 1. The van der Waals surface area contributed by atoms with Crippen molar-refractivity contribution >= 4 is 0 Å². The van der Waals surface area contributed by atoms with Crippen molar-refractivity contribution in [3.05, 3.63) is 29.8 Å². The molecule has 1 fully saturated rings. The van der Waals surface area contributed by atoms with Crippen LogP contribution in [-0.2, 0) is 5.41 Å². The van der Waals surface area contributed by atoms with E-state index in [1.165, 1.54) is 5.56 Å². The predicted octanol–water partition coefficient (Wildman–Crippen LogP) is 1.83. The molecule has 1 aromatic rings. The maximum absolute atomic E-state index is 9.62. The monoisotopic (exact) mass is 235 g/mol. The summed E-state index contributed by atoms with van der Waals surface area (Å²) in [7, 11) is 1.68. The number of rotatable bonds is 3. The molecule has 1 aliphatic rings. The molecule has 3 nitrogen and oxygen atoms in total. The summed E-state index contributed by atoms with van der Waals surface area (Å²) in [6, 6.07) is 8.15. The summed E-state index contributed by atoms with van der Waals surface area (Å²) in [5.41, 5.74) is 7.25. The zero-order chi connectivity index (χ0) is 12.3. The largest absolute Gasteiger partial charge is 0.497 e. The van der Waals surface area contributed by atoms with Crippen LogP contribution >= 0.6 is 0 Å². The van der Waals surface area contributed by atoms with Crippen molar-refractivity contribution < 1.29 is 9.84 Å². The second-order valence-electron chi connectivity index (χ2n) is 4.95. The van der Waals surface area contributed by atoms with Crippen molar-refractivity contribution in [1.29, 1.82) is 0 Å². The minimum absolute atomic E-state index is 0.0216. The Balaban J connectivity index is 2.27. The Morgan fingerprint density at radius 3 is 2.71 bits per heavy atom. The lowest BCUT2D eigenvalue weighted by molar-refractivity contribution is 0.0974. The fourth-order valence-electron chi connectivity index (χ4n) is 2.72. The molecule has 3 heteroatoms. The molecule has 1 aliphatic carbocycles. The van der Waals surface area contributed by atoms with Gasteiger partial charge in [0.1, 0.15) is 5.75 Å². The van der Waals surface area contributed by atoms with Crippen molar-refractivity contribution in [2.75, 3.05) is 13.7 Å². The number of hydrogen-bond donors (Lipinski definition) is 2. The first kappa shape index (κ1) is 12.4. The van der Waals surface area contributed by atoms with Gasteiger partial charge in [-0.3, -0.25) is 0 Å². The van der Waals surface area contributed by atoms with E-state index in [2.05, 4.69) is 12.1 Å². The average Bonchev–Trinajstić information content (AvgIpc) is 2.40. The van der Waals surface area contributed by atoms with Crippen LogP contribution in [0.5, 0.6) is 5.75 Å². The quantitative estimate of drug-likeness (QED) is 0.840. The first-order valence-corrected chi connectivity index (χ1v) is 6.23. The van der Waals surface area contributed by atoms with Gasteiger partial charge in [-0.25, -0.2) is 0 Å². The van der Waals surface area contributed by atoms with E-state index in [4.69, 9.17) is 10.5 Å². The normalized spacial score (nSPS) is 29.0. The van der Waals surface area contributed by atoms with E-state index in [0.29, 0.717) is 6.54 Å². The third-order valence-corrected chi connectivity index (χ3v) is 3.99. The van der Waals surface area contributed by atoms with Gasteiger partial charge in [-0.05, 0) is 43.4 Å². The highest BCUT2D eigenvalue weighted by Gasteiger charge is 2.35. The van der Waals surface area contributed by atoms with Gasteiger partial charge in [0.05, 0.1) is 13.2 Å². The fourth-order valence-corrected chi connectivity index (χ4v) is 2.72. The van der Waals surface area contributed by atoms with Crippen molar-refractivity contribution in [2.24, 2.45) is 5.73 Å². The van der Waals surface area contributed by atoms with E-state index in [0.717, 1.165) is 31.4 Å². The second-order valence-corrected chi connectivity index (χ2v) is 4.95. The van der Waals surface area contributed by atoms with E-state index < -0.39 is 0 Å². The average molecular weight is 235 g/mol. The van der Waals surface area contributed by atoms with Crippen LogP contribution in [0.15, 0.2) is 24.3 Å². The summed E-state index contributed by atoms with van der Waals surface area (Å²) in [6.45, 7) is 0.632. The molecule has 0 spiro atoms. The van der Waals surface area contributed by atoms with Gasteiger partial charge in [-0.1, -0.05) is 12.1 Å². The lowest BCUT2D eigenvalue weighted by atomic mass is 9.69.